The maximum absolute atomic E-state index is 12.5. The second kappa shape index (κ2) is 7.69. The van der Waals surface area contributed by atoms with Crippen molar-refractivity contribution in [2.24, 2.45) is 0 Å². The van der Waals surface area contributed by atoms with Gasteiger partial charge in [-0.05, 0) is 42.9 Å². The van der Waals surface area contributed by atoms with Gasteiger partial charge >= 0.3 is 0 Å². The van der Waals surface area contributed by atoms with Crippen molar-refractivity contribution in [3.63, 3.8) is 0 Å². The number of benzene rings is 2. The summed E-state index contributed by atoms with van der Waals surface area (Å²) in [6.07, 6.45) is 0. The number of carbonyl (C=O) groups excluding carboxylic acids is 1. The van der Waals surface area contributed by atoms with E-state index in [1.165, 1.54) is 0 Å². The number of halogens is 1. The molecule has 1 saturated heterocycles. The number of hydrogen-bond donors (Lipinski definition) is 1. The van der Waals surface area contributed by atoms with Crippen molar-refractivity contribution in [1.29, 1.82) is 0 Å². The van der Waals surface area contributed by atoms with Gasteiger partial charge in [0, 0.05) is 36.8 Å². The molecular formula is C19H22ClN3O. The monoisotopic (exact) mass is 343 g/mol. The van der Waals surface area contributed by atoms with E-state index in [0.717, 1.165) is 44.1 Å². The van der Waals surface area contributed by atoms with Crippen LogP contribution in [0.15, 0.2) is 48.5 Å². The number of amides is 1. The molecule has 1 aliphatic heterocycles. The smallest absolute Gasteiger partial charge is 0.255 e. The summed E-state index contributed by atoms with van der Waals surface area (Å²) in [6.45, 7) is 7.33. The largest absolute Gasteiger partial charge is 0.367 e. The van der Waals surface area contributed by atoms with E-state index in [-0.39, 0.29) is 5.91 Å². The molecule has 1 N–H and O–H groups in total. The van der Waals surface area contributed by atoms with E-state index in [4.69, 9.17) is 11.6 Å². The molecule has 0 spiro atoms. The molecule has 0 unspecified atom stereocenters. The highest BCUT2D eigenvalue weighted by Gasteiger charge is 2.19. The number of rotatable bonds is 4. The molecule has 2 aromatic rings. The van der Waals surface area contributed by atoms with E-state index >= 15 is 0 Å². The van der Waals surface area contributed by atoms with E-state index in [2.05, 4.69) is 28.1 Å². The minimum absolute atomic E-state index is 0.119. The average molecular weight is 344 g/mol. The van der Waals surface area contributed by atoms with Crippen molar-refractivity contribution in [2.45, 2.75) is 6.92 Å². The lowest BCUT2D eigenvalue weighted by atomic mass is 10.1. The molecule has 0 bridgehead atoms. The summed E-state index contributed by atoms with van der Waals surface area (Å²) in [5.74, 6) is -0.119. The molecule has 1 heterocycles. The van der Waals surface area contributed by atoms with Gasteiger partial charge in [0.05, 0.1) is 11.4 Å². The molecule has 0 saturated carbocycles. The fourth-order valence-corrected chi connectivity index (χ4v) is 3.08. The Labute approximate surface area is 148 Å². The second-order valence-corrected chi connectivity index (χ2v) is 6.34. The molecule has 2 aromatic carbocycles. The molecule has 126 valence electrons. The Morgan fingerprint density at radius 3 is 2.38 bits per heavy atom. The van der Waals surface area contributed by atoms with Crippen LogP contribution in [0.3, 0.4) is 0 Å². The van der Waals surface area contributed by atoms with Gasteiger partial charge in [0.25, 0.3) is 5.91 Å². The van der Waals surface area contributed by atoms with E-state index in [9.17, 15) is 4.79 Å². The first kappa shape index (κ1) is 16.8. The Morgan fingerprint density at radius 1 is 1.04 bits per heavy atom. The maximum atomic E-state index is 12.5. The van der Waals surface area contributed by atoms with E-state index in [1.54, 1.807) is 24.3 Å². The summed E-state index contributed by atoms with van der Waals surface area (Å²) in [5, 5.41) is 3.66. The molecule has 0 radical (unpaired) electrons. The van der Waals surface area contributed by atoms with Crippen molar-refractivity contribution in [3.05, 3.63) is 59.1 Å². The molecular weight excluding hydrogens is 322 g/mol. The number of likely N-dealkylation sites (N-methyl/N-ethyl adjacent to an activating group) is 1. The van der Waals surface area contributed by atoms with Gasteiger partial charge in [-0.2, -0.15) is 0 Å². The quantitative estimate of drug-likeness (QED) is 0.918. The van der Waals surface area contributed by atoms with E-state index in [1.807, 2.05) is 18.2 Å². The fraction of sp³-hybridized carbons (Fsp3) is 0.316. The molecule has 4 nitrogen and oxygen atoms in total. The highest BCUT2D eigenvalue weighted by molar-refractivity contribution is 6.30. The Kier molecular flexibility index (Phi) is 5.38. The first-order valence-corrected chi connectivity index (χ1v) is 8.68. The lowest BCUT2D eigenvalue weighted by Gasteiger charge is -2.36. The zero-order valence-corrected chi connectivity index (χ0v) is 14.6. The number of carbonyl (C=O) groups is 1. The third kappa shape index (κ3) is 3.89. The summed E-state index contributed by atoms with van der Waals surface area (Å²) in [5.41, 5.74) is 2.53. The van der Waals surface area contributed by atoms with Crippen molar-refractivity contribution in [1.82, 2.24) is 4.90 Å². The summed E-state index contributed by atoms with van der Waals surface area (Å²) in [6, 6.07) is 14.9. The molecule has 0 aromatic heterocycles. The van der Waals surface area contributed by atoms with Gasteiger partial charge in [0.15, 0.2) is 0 Å². The van der Waals surface area contributed by atoms with Crippen LogP contribution in [0, 0.1) is 0 Å². The number of hydrogen-bond acceptors (Lipinski definition) is 3. The third-order valence-electron chi connectivity index (χ3n) is 4.42. The molecule has 0 aliphatic carbocycles. The number of anilines is 2. The van der Waals surface area contributed by atoms with Crippen LogP contribution in [0.1, 0.15) is 17.3 Å². The van der Waals surface area contributed by atoms with Crippen LogP contribution in [0.25, 0.3) is 0 Å². The molecule has 1 fully saturated rings. The Bertz CT molecular complexity index is 694. The molecule has 1 amide bonds. The SMILES string of the molecule is CCN1CCN(c2ccccc2NC(=O)c2ccc(Cl)cc2)CC1. The fourth-order valence-electron chi connectivity index (χ4n) is 2.96. The van der Waals surface area contributed by atoms with Crippen molar-refractivity contribution < 1.29 is 4.79 Å². The standard InChI is InChI=1S/C19H22ClN3O/c1-2-22-11-13-23(14-12-22)18-6-4-3-5-17(18)21-19(24)15-7-9-16(20)10-8-15/h3-10H,2,11-14H2,1H3,(H,21,24). The van der Waals surface area contributed by atoms with Crippen LogP contribution in [0.4, 0.5) is 11.4 Å². The van der Waals surface area contributed by atoms with Gasteiger partial charge in [-0.15, -0.1) is 0 Å². The number of nitrogens with zero attached hydrogens (tertiary/aromatic N) is 2. The predicted octanol–water partition coefficient (Wildman–Crippen LogP) is 3.73. The highest BCUT2D eigenvalue weighted by Crippen LogP contribution is 2.27. The summed E-state index contributed by atoms with van der Waals surface area (Å²) < 4.78 is 0. The Hall–Kier alpha value is -2.04. The van der Waals surface area contributed by atoms with Crippen LogP contribution >= 0.6 is 11.6 Å². The maximum Gasteiger partial charge on any atom is 0.255 e. The van der Waals surface area contributed by atoms with Gasteiger partial charge < -0.3 is 15.1 Å². The predicted molar refractivity (Wildman–Crippen MR) is 100 cm³/mol. The minimum atomic E-state index is -0.119. The van der Waals surface area contributed by atoms with Crippen LogP contribution in [0.5, 0.6) is 0 Å². The van der Waals surface area contributed by atoms with Crippen molar-refractivity contribution in [2.75, 3.05) is 42.9 Å². The summed E-state index contributed by atoms with van der Waals surface area (Å²) >= 11 is 5.88. The summed E-state index contributed by atoms with van der Waals surface area (Å²) in [7, 11) is 0. The van der Waals surface area contributed by atoms with E-state index < -0.39 is 0 Å². The zero-order valence-electron chi connectivity index (χ0n) is 13.8. The van der Waals surface area contributed by atoms with Crippen LogP contribution in [-0.2, 0) is 0 Å². The Balaban J connectivity index is 1.74. The normalized spacial score (nSPS) is 15.3. The summed E-state index contributed by atoms with van der Waals surface area (Å²) in [4.78, 5) is 17.3. The highest BCUT2D eigenvalue weighted by atomic mass is 35.5. The molecule has 1 aliphatic rings. The molecule has 24 heavy (non-hydrogen) atoms. The number of nitrogens with one attached hydrogen (secondary N) is 1. The Morgan fingerprint density at radius 2 is 1.71 bits per heavy atom. The topological polar surface area (TPSA) is 35.6 Å². The number of piperazine rings is 1. The van der Waals surface area contributed by atoms with Crippen LogP contribution < -0.4 is 10.2 Å². The van der Waals surface area contributed by atoms with Crippen LogP contribution in [-0.4, -0.2) is 43.5 Å². The van der Waals surface area contributed by atoms with Gasteiger partial charge in [-0.25, -0.2) is 0 Å². The first-order chi connectivity index (χ1) is 11.7. The zero-order chi connectivity index (χ0) is 16.9. The lowest BCUT2D eigenvalue weighted by molar-refractivity contribution is 0.102. The van der Waals surface area contributed by atoms with Crippen molar-refractivity contribution in [3.8, 4) is 0 Å². The molecule has 3 rings (SSSR count). The van der Waals surface area contributed by atoms with Gasteiger partial charge in [-0.1, -0.05) is 30.7 Å². The third-order valence-corrected chi connectivity index (χ3v) is 4.67. The van der Waals surface area contributed by atoms with Crippen LogP contribution in [0.2, 0.25) is 5.02 Å². The molecule has 0 atom stereocenters. The van der Waals surface area contributed by atoms with Gasteiger partial charge in [0.1, 0.15) is 0 Å². The first-order valence-electron chi connectivity index (χ1n) is 8.30. The van der Waals surface area contributed by atoms with Gasteiger partial charge in [0.2, 0.25) is 0 Å². The van der Waals surface area contributed by atoms with E-state index in [0.29, 0.717) is 10.6 Å². The average Bonchev–Trinajstić information content (AvgIpc) is 2.63. The number of para-hydroxylation sites is 2. The minimum Gasteiger partial charge on any atom is -0.367 e. The second-order valence-electron chi connectivity index (χ2n) is 5.90. The lowest BCUT2D eigenvalue weighted by Crippen LogP contribution is -2.46. The van der Waals surface area contributed by atoms with Gasteiger partial charge in [-0.3, -0.25) is 4.79 Å². The molecule has 5 heteroatoms. The van der Waals surface area contributed by atoms with Crippen molar-refractivity contribution >= 4 is 28.9 Å².